The second-order valence-corrected chi connectivity index (χ2v) is 4.52. The minimum absolute atomic E-state index is 0.0413. The fraction of sp³-hybridized carbons (Fsp3) is 1.00. The van der Waals surface area contributed by atoms with Crippen molar-refractivity contribution in [3.8, 4) is 0 Å². The summed E-state index contributed by atoms with van der Waals surface area (Å²) in [5, 5.41) is 16.7. The van der Waals surface area contributed by atoms with Crippen LogP contribution < -0.4 is 0 Å². The molecular formula is C14H32O6. The fourth-order valence-corrected chi connectivity index (χ4v) is 1.22. The summed E-state index contributed by atoms with van der Waals surface area (Å²) in [5.74, 6) is 0. The Morgan fingerprint density at radius 1 is 0.600 bits per heavy atom. The third kappa shape index (κ3) is 26.3. The Labute approximate surface area is 123 Å². The van der Waals surface area contributed by atoms with Crippen LogP contribution in [0.1, 0.15) is 27.7 Å². The smallest absolute Gasteiger partial charge is 0.0701 e. The molecule has 0 aromatic rings. The summed E-state index contributed by atoms with van der Waals surface area (Å²) in [4.78, 5) is 0. The highest BCUT2D eigenvalue weighted by molar-refractivity contribution is 4.40. The lowest BCUT2D eigenvalue weighted by atomic mass is 10.4. The van der Waals surface area contributed by atoms with E-state index in [9.17, 15) is 0 Å². The molecule has 0 spiro atoms. The van der Waals surface area contributed by atoms with E-state index >= 15 is 0 Å². The first-order chi connectivity index (χ1) is 9.54. The van der Waals surface area contributed by atoms with Gasteiger partial charge in [0, 0.05) is 0 Å². The van der Waals surface area contributed by atoms with Crippen LogP contribution >= 0.6 is 0 Å². The van der Waals surface area contributed by atoms with Crippen molar-refractivity contribution in [3.05, 3.63) is 0 Å². The largest absolute Gasteiger partial charge is 0.394 e. The minimum Gasteiger partial charge on any atom is -0.394 e. The van der Waals surface area contributed by atoms with Crippen molar-refractivity contribution in [1.29, 1.82) is 0 Å². The van der Waals surface area contributed by atoms with Gasteiger partial charge in [-0.1, -0.05) is 0 Å². The number of ether oxygens (including phenoxy) is 4. The van der Waals surface area contributed by atoms with Crippen LogP contribution in [-0.2, 0) is 18.9 Å². The van der Waals surface area contributed by atoms with E-state index in [0.717, 1.165) is 0 Å². The molecule has 6 nitrogen and oxygen atoms in total. The maximum atomic E-state index is 8.36. The van der Waals surface area contributed by atoms with Gasteiger partial charge in [-0.3, -0.25) is 0 Å². The van der Waals surface area contributed by atoms with E-state index in [2.05, 4.69) is 0 Å². The van der Waals surface area contributed by atoms with Gasteiger partial charge < -0.3 is 29.2 Å². The summed E-state index contributed by atoms with van der Waals surface area (Å²) < 4.78 is 20.3. The Hall–Kier alpha value is -0.240. The lowest BCUT2D eigenvalue weighted by Crippen LogP contribution is -2.11. The Kier molecular flexibility index (Phi) is 20.7. The van der Waals surface area contributed by atoms with Gasteiger partial charge in [-0.05, 0) is 27.7 Å². The van der Waals surface area contributed by atoms with Crippen molar-refractivity contribution in [2.75, 3.05) is 52.9 Å². The molecule has 6 heteroatoms. The van der Waals surface area contributed by atoms with E-state index in [4.69, 9.17) is 29.2 Å². The predicted molar refractivity (Wildman–Crippen MR) is 78.0 cm³/mol. The zero-order valence-corrected chi connectivity index (χ0v) is 13.3. The highest BCUT2D eigenvalue weighted by Crippen LogP contribution is 1.93. The first-order valence-corrected chi connectivity index (χ1v) is 7.15. The second-order valence-electron chi connectivity index (χ2n) is 4.52. The van der Waals surface area contributed by atoms with Crippen molar-refractivity contribution in [2.24, 2.45) is 0 Å². The van der Waals surface area contributed by atoms with E-state index in [0.29, 0.717) is 51.8 Å². The molecule has 0 saturated heterocycles. The molecule has 0 bridgehead atoms. The average Bonchev–Trinajstić information content (AvgIpc) is 2.36. The maximum absolute atomic E-state index is 8.36. The first kappa shape index (κ1) is 22.0. The molecule has 0 aliphatic heterocycles. The monoisotopic (exact) mass is 296 g/mol. The molecule has 0 unspecified atom stereocenters. The van der Waals surface area contributed by atoms with Crippen molar-refractivity contribution < 1.29 is 29.2 Å². The van der Waals surface area contributed by atoms with Crippen molar-refractivity contribution in [1.82, 2.24) is 0 Å². The van der Waals surface area contributed by atoms with Gasteiger partial charge in [-0.2, -0.15) is 0 Å². The van der Waals surface area contributed by atoms with Crippen LogP contribution in [0.3, 0.4) is 0 Å². The molecule has 0 radical (unpaired) electrons. The summed E-state index contributed by atoms with van der Waals surface area (Å²) >= 11 is 0. The lowest BCUT2D eigenvalue weighted by Gasteiger charge is -2.09. The molecule has 20 heavy (non-hydrogen) atoms. The number of rotatable bonds is 12. The van der Waals surface area contributed by atoms with Gasteiger partial charge >= 0.3 is 0 Å². The van der Waals surface area contributed by atoms with Crippen LogP contribution in [0.4, 0.5) is 0 Å². The van der Waals surface area contributed by atoms with Gasteiger partial charge in [0.2, 0.25) is 0 Å². The molecule has 0 heterocycles. The molecule has 124 valence electrons. The van der Waals surface area contributed by atoms with Crippen molar-refractivity contribution in [2.45, 2.75) is 39.9 Å². The van der Waals surface area contributed by atoms with Crippen LogP contribution in [0, 0.1) is 0 Å². The molecule has 0 atom stereocenters. The Morgan fingerprint density at radius 2 is 0.900 bits per heavy atom. The van der Waals surface area contributed by atoms with Crippen molar-refractivity contribution >= 4 is 0 Å². The third-order valence-corrected chi connectivity index (χ3v) is 1.76. The molecular weight excluding hydrogens is 264 g/mol. The number of aliphatic hydroxyl groups excluding tert-OH is 2. The van der Waals surface area contributed by atoms with E-state index in [1.165, 1.54) is 0 Å². The normalized spacial score (nSPS) is 10.8. The topological polar surface area (TPSA) is 77.4 Å². The van der Waals surface area contributed by atoms with E-state index in [1.807, 2.05) is 27.7 Å². The Balaban J connectivity index is 0. The zero-order valence-electron chi connectivity index (χ0n) is 13.3. The van der Waals surface area contributed by atoms with Gasteiger partial charge in [0.15, 0.2) is 0 Å². The molecule has 0 aliphatic rings. The number of hydrogen-bond donors (Lipinski definition) is 2. The fourth-order valence-electron chi connectivity index (χ4n) is 1.22. The van der Waals surface area contributed by atoms with Crippen LogP contribution in [0.2, 0.25) is 0 Å². The summed E-state index contributed by atoms with van der Waals surface area (Å²) in [5.41, 5.74) is 0. The summed E-state index contributed by atoms with van der Waals surface area (Å²) in [7, 11) is 0. The number of hydrogen-bond acceptors (Lipinski definition) is 6. The van der Waals surface area contributed by atoms with Crippen LogP contribution in [0.25, 0.3) is 0 Å². The molecule has 0 rings (SSSR count). The standard InChI is InChI=1S/C8H18O5.C6H14O/c9-1-3-11-5-7-13-8-6-12-4-2-10;1-5(2)7-6(3)4/h9-10H,1-8H2;5-6H,1-4H3. The quantitative estimate of drug-likeness (QED) is 0.520. The molecule has 0 fully saturated rings. The highest BCUT2D eigenvalue weighted by Gasteiger charge is 1.94. The average molecular weight is 296 g/mol. The maximum Gasteiger partial charge on any atom is 0.0701 e. The van der Waals surface area contributed by atoms with Crippen LogP contribution in [0.5, 0.6) is 0 Å². The summed E-state index contributed by atoms with van der Waals surface area (Å²) in [6.45, 7) is 10.9. The Bertz CT molecular complexity index is 148. The second kappa shape index (κ2) is 18.8. The van der Waals surface area contributed by atoms with Crippen molar-refractivity contribution in [3.63, 3.8) is 0 Å². The lowest BCUT2D eigenvalue weighted by molar-refractivity contribution is 0.00230. The minimum atomic E-state index is 0.0413. The number of aliphatic hydroxyl groups is 2. The predicted octanol–water partition coefficient (Wildman–Crippen LogP) is 0.841. The molecule has 0 aliphatic carbocycles. The van der Waals surface area contributed by atoms with Crippen LogP contribution in [-0.4, -0.2) is 75.3 Å². The van der Waals surface area contributed by atoms with E-state index in [1.54, 1.807) is 0 Å². The molecule has 0 amide bonds. The SMILES string of the molecule is CC(C)OC(C)C.OCCOCCOCCOCCO. The summed E-state index contributed by atoms with van der Waals surface area (Å²) in [6.07, 6.45) is 0.750. The molecule has 0 aromatic heterocycles. The third-order valence-electron chi connectivity index (χ3n) is 1.76. The zero-order chi connectivity index (χ0) is 15.6. The van der Waals surface area contributed by atoms with Gasteiger partial charge in [-0.25, -0.2) is 0 Å². The van der Waals surface area contributed by atoms with Gasteiger partial charge in [0.05, 0.1) is 65.1 Å². The van der Waals surface area contributed by atoms with E-state index in [-0.39, 0.29) is 13.2 Å². The molecule has 0 saturated carbocycles. The van der Waals surface area contributed by atoms with Crippen LogP contribution in [0.15, 0.2) is 0 Å². The van der Waals surface area contributed by atoms with E-state index < -0.39 is 0 Å². The Morgan fingerprint density at radius 3 is 1.10 bits per heavy atom. The van der Waals surface area contributed by atoms with Gasteiger partial charge in [0.25, 0.3) is 0 Å². The first-order valence-electron chi connectivity index (χ1n) is 7.15. The summed E-state index contributed by atoms with van der Waals surface area (Å²) in [6, 6.07) is 0. The highest BCUT2D eigenvalue weighted by atomic mass is 16.5. The molecule has 2 N–H and O–H groups in total. The van der Waals surface area contributed by atoms with Gasteiger partial charge in [-0.15, -0.1) is 0 Å². The molecule has 0 aromatic carbocycles. The van der Waals surface area contributed by atoms with Gasteiger partial charge in [0.1, 0.15) is 0 Å².